The molecule has 2 nitrogen and oxygen atoms in total. The van der Waals surface area contributed by atoms with Crippen molar-refractivity contribution >= 4 is 11.5 Å². The molecule has 0 saturated carbocycles. The number of carbonyl (C=O) groups excluding carboxylic acids is 1. The summed E-state index contributed by atoms with van der Waals surface area (Å²) in [7, 11) is 0. The lowest BCUT2D eigenvalue weighted by molar-refractivity contribution is 0.103. The fourth-order valence-corrected chi connectivity index (χ4v) is 2.48. The topological polar surface area (TPSA) is 29.1 Å². The summed E-state index contributed by atoms with van der Waals surface area (Å²) >= 11 is 0. The number of hydrogen-bond acceptors (Lipinski definition) is 2. The average molecular weight is 255 g/mol. The molecule has 0 spiro atoms. The van der Waals surface area contributed by atoms with Crippen LogP contribution < -0.4 is 5.32 Å². The first-order valence-electron chi connectivity index (χ1n) is 6.32. The van der Waals surface area contributed by atoms with Gasteiger partial charge in [-0.25, -0.2) is 4.39 Å². The Balaban J connectivity index is 1.99. The maximum absolute atomic E-state index is 13.4. The molecule has 0 saturated heterocycles. The van der Waals surface area contributed by atoms with Crippen LogP contribution in [0, 0.1) is 12.7 Å². The van der Waals surface area contributed by atoms with Crippen molar-refractivity contribution in [3.8, 4) is 0 Å². The highest BCUT2D eigenvalue weighted by molar-refractivity contribution is 6.09. The van der Waals surface area contributed by atoms with Crippen molar-refractivity contribution in [3.05, 3.63) is 64.5 Å². The zero-order valence-electron chi connectivity index (χ0n) is 10.7. The first kappa shape index (κ1) is 11.9. The van der Waals surface area contributed by atoms with Gasteiger partial charge < -0.3 is 5.32 Å². The van der Waals surface area contributed by atoms with E-state index in [0.717, 1.165) is 29.8 Å². The number of nitrogens with one attached hydrogen (secondary N) is 1. The molecule has 3 heteroatoms. The Morgan fingerprint density at radius 1 is 1.16 bits per heavy atom. The molecule has 19 heavy (non-hydrogen) atoms. The second kappa shape index (κ2) is 4.50. The number of hydrogen-bond donors (Lipinski definition) is 1. The van der Waals surface area contributed by atoms with E-state index >= 15 is 0 Å². The monoisotopic (exact) mass is 255 g/mol. The van der Waals surface area contributed by atoms with Gasteiger partial charge in [0.05, 0.1) is 0 Å². The van der Waals surface area contributed by atoms with Crippen LogP contribution in [0.1, 0.15) is 27.0 Å². The molecule has 0 unspecified atom stereocenters. The SMILES string of the molecule is Cc1cc(F)cc(C(=O)c2ccc3c(c2)CCN3)c1. The predicted molar refractivity (Wildman–Crippen MR) is 73.2 cm³/mol. The third-order valence-corrected chi connectivity index (χ3v) is 3.38. The van der Waals surface area contributed by atoms with Crippen LogP contribution in [-0.4, -0.2) is 12.3 Å². The van der Waals surface area contributed by atoms with Crippen LogP contribution in [0.15, 0.2) is 36.4 Å². The number of aryl methyl sites for hydroxylation is 1. The van der Waals surface area contributed by atoms with Crippen molar-refractivity contribution in [1.82, 2.24) is 0 Å². The highest BCUT2D eigenvalue weighted by Gasteiger charge is 2.15. The van der Waals surface area contributed by atoms with Gasteiger partial charge in [-0.05, 0) is 60.9 Å². The second-order valence-corrected chi connectivity index (χ2v) is 4.90. The van der Waals surface area contributed by atoms with Gasteiger partial charge in [0.25, 0.3) is 0 Å². The first-order chi connectivity index (χ1) is 9.13. The summed E-state index contributed by atoms with van der Waals surface area (Å²) in [5.41, 5.74) is 4.02. The van der Waals surface area contributed by atoms with E-state index < -0.39 is 0 Å². The average Bonchev–Trinajstić information content (AvgIpc) is 2.83. The molecule has 1 aliphatic rings. The van der Waals surface area contributed by atoms with Crippen LogP contribution in [0.5, 0.6) is 0 Å². The van der Waals surface area contributed by atoms with Gasteiger partial charge in [0, 0.05) is 23.4 Å². The molecule has 96 valence electrons. The minimum atomic E-state index is -0.369. The second-order valence-electron chi connectivity index (χ2n) is 4.90. The molecule has 0 aliphatic carbocycles. The van der Waals surface area contributed by atoms with E-state index in [1.807, 2.05) is 12.1 Å². The largest absolute Gasteiger partial charge is 0.384 e. The van der Waals surface area contributed by atoms with Crippen LogP contribution in [0.25, 0.3) is 0 Å². The molecule has 1 N–H and O–H groups in total. The number of benzene rings is 2. The van der Waals surface area contributed by atoms with Crippen molar-refractivity contribution in [3.63, 3.8) is 0 Å². The standard InChI is InChI=1S/C16H14FNO/c1-10-6-13(9-14(17)7-10)16(19)12-2-3-15-11(8-12)4-5-18-15/h2-3,6-9,18H,4-5H2,1H3. The van der Waals surface area contributed by atoms with Gasteiger partial charge >= 0.3 is 0 Å². The molecule has 3 rings (SSSR count). The molecule has 1 heterocycles. The normalized spacial score (nSPS) is 12.9. The summed E-state index contributed by atoms with van der Waals surface area (Å²) in [6.45, 7) is 2.69. The summed E-state index contributed by atoms with van der Waals surface area (Å²) in [5, 5.41) is 3.25. The van der Waals surface area contributed by atoms with Gasteiger partial charge in [0.15, 0.2) is 5.78 Å². The zero-order valence-corrected chi connectivity index (χ0v) is 10.7. The molecule has 2 aromatic carbocycles. The third-order valence-electron chi connectivity index (χ3n) is 3.38. The van der Waals surface area contributed by atoms with Crippen LogP contribution in [0.3, 0.4) is 0 Å². The Hall–Kier alpha value is -2.16. The number of halogens is 1. The van der Waals surface area contributed by atoms with E-state index in [0.29, 0.717) is 11.1 Å². The Morgan fingerprint density at radius 2 is 2.00 bits per heavy atom. The maximum Gasteiger partial charge on any atom is 0.193 e. The van der Waals surface area contributed by atoms with Gasteiger partial charge in [0.1, 0.15) is 5.82 Å². The molecule has 2 aromatic rings. The molecule has 0 bridgehead atoms. The van der Waals surface area contributed by atoms with E-state index in [-0.39, 0.29) is 11.6 Å². The van der Waals surface area contributed by atoms with E-state index in [1.165, 1.54) is 12.1 Å². The molecule has 1 aliphatic heterocycles. The van der Waals surface area contributed by atoms with E-state index in [9.17, 15) is 9.18 Å². The lowest BCUT2D eigenvalue weighted by Crippen LogP contribution is -2.03. The number of anilines is 1. The van der Waals surface area contributed by atoms with Crippen molar-refractivity contribution in [2.45, 2.75) is 13.3 Å². The fraction of sp³-hybridized carbons (Fsp3) is 0.188. The molecule has 0 radical (unpaired) electrons. The summed E-state index contributed by atoms with van der Waals surface area (Å²) in [6, 6.07) is 10.0. The smallest absolute Gasteiger partial charge is 0.193 e. The summed E-state index contributed by atoms with van der Waals surface area (Å²) in [5.74, 6) is -0.497. The molecular formula is C16H14FNO. The van der Waals surface area contributed by atoms with Gasteiger partial charge in [0.2, 0.25) is 0 Å². The minimum absolute atomic E-state index is 0.127. The quantitative estimate of drug-likeness (QED) is 0.834. The van der Waals surface area contributed by atoms with Crippen molar-refractivity contribution in [2.75, 3.05) is 11.9 Å². The summed E-state index contributed by atoms with van der Waals surface area (Å²) < 4.78 is 13.4. The van der Waals surface area contributed by atoms with Crippen molar-refractivity contribution in [2.24, 2.45) is 0 Å². The third kappa shape index (κ3) is 2.24. The molecule has 0 atom stereocenters. The van der Waals surface area contributed by atoms with E-state index in [2.05, 4.69) is 5.32 Å². The van der Waals surface area contributed by atoms with Crippen molar-refractivity contribution in [1.29, 1.82) is 0 Å². The lowest BCUT2D eigenvalue weighted by Gasteiger charge is -2.05. The molecule has 0 aromatic heterocycles. The van der Waals surface area contributed by atoms with Gasteiger partial charge in [-0.1, -0.05) is 0 Å². The lowest BCUT2D eigenvalue weighted by atomic mass is 9.99. The summed E-state index contributed by atoms with van der Waals surface area (Å²) in [4.78, 5) is 12.4. The highest BCUT2D eigenvalue weighted by Crippen LogP contribution is 2.24. The van der Waals surface area contributed by atoms with Crippen molar-refractivity contribution < 1.29 is 9.18 Å². The fourth-order valence-electron chi connectivity index (χ4n) is 2.48. The van der Waals surface area contributed by atoms with Crippen LogP contribution >= 0.6 is 0 Å². The Kier molecular flexibility index (Phi) is 2.82. The number of carbonyl (C=O) groups is 1. The van der Waals surface area contributed by atoms with E-state index in [4.69, 9.17) is 0 Å². The van der Waals surface area contributed by atoms with Crippen LogP contribution in [-0.2, 0) is 6.42 Å². The van der Waals surface area contributed by atoms with Gasteiger partial charge in [-0.3, -0.25) is 4.79 Å². The Bertz CT molecular complexity index is 644. The first-order valence-corrected chi connectivity index (χ1v) is 6.32. The Morgan fingerprint density at radius 3 is 2.79 bits per heavy atom. The maximum atomic E-state index is 13.4. The predicted octanol–water partition coefficient (Wildman–Crippen LogP) is 3.33. The number of ketones is 1. The zero-order chi connectivity index (χ0) is 13.4. The molecular weight excluding hydrogens is 241 g/mol. The van der Waals surface area contributed by atoms with E-state index in [1.54, 1.807) is 19.1 Å². The number of fused-ring (bicyclic) bond motifs is 1. The summed E-state index contributed by atoms with van der Waals surface area (Å²) in [6.07, 6.45) is 0.929. The van der Waals surface area contributed by atoms with Crippen LogP contribution in [0.4, 0.5) is 10.1 Å². The van der Waals surface area contributed by atoms with Crippen LogP contribution in [0.2, 0.25) is 0 Å². The van der Waals surface area contributed by atoms with Gasteiger partial charge in [-0.15, -0.1) is 0 Å². The molecule has 0 fully saturated rings. The number of rotatable bonds is 2. The molecule has 0 amide bonds. The Labute approximate surface area is 111 Å². The highest BCUT2D eigenvalue weighted by atomic mass is 19.1. The van der Waals surface area contributed by atoms with Gasteiger partial charge in [-0.2, -0.15) is 0 Å². The minimum Gasteiger partial charge on any atom is -0.384 e.